The highest BCUT2D eigenvalue weighted by molar-refractivity contribution is 7.19. The molecule has 0 unspecified atom stereocenters. The lowest BCUT2D eigenvalue weighted by molar-refractivity contribution is -0.118. The number of anilines is 1. The molecule has 9 heteroatoms. The maximum Gasteiger partial charge on any atom is 0.407 e. The van der Waals surface area contributed by atoms with Gasteiger partial charge in [0.2, 0.25) is 5.91 Å². The number of nitrogens with zero attached hydrogens (tertiary/aromatic N) is 2. The van der Waals surface area contributed by atoms with Gasteiger partial charge in [0, 0.05) is 23.4 Å². The maximum absolute atomic E-state index is 12.0. The standard InChI is InChI=1S/C22H31N5O3S/c1-22(2,3)30-21(29)27-14-7-5-13(6-8-14)26-19-18-17-12(10-16(23)28)4-9-15(17)31-20(18)25-11-24-19/h11-14H,4-10H2,1-3H3,(H2,23,28)(H,27,29)(H,24,25,26)/t12-,13-,14-/m1/s1. The number of carbonyl (C=O) groups excluding carboxylic acids is 2. The second kappa shape index (κ2) is 8.61. The third-order valence-corrected chi connectivity index (χ3v) is 7.14. The molecule has 4 rings (SSSR count). The third kappa shape index (κ3) is 5.08. The number of rotatable bonds is 5. The van der Waals surface area contributed by atoms with E-state index in [9.17, 15) is 9.59 Å². The largest absolute Gasteiger partial charge is 0.444 e. The number of thiophene rings is 1. The second-order valence-electron chi connectivity index (χ2n) is 9.59. The van der Waals surface area contributed by atoms with Crippen molar-refractivity contribution in [1.29, 1.82) is 0 Å². The molecule has 2 aromatic heterocycles. The van der Waals surface area contributed by atoms with E-state index in [1.54, 1.807) is 17.7 Å². The number of amides is 2. The zero-order chi connectivity index (χ0) is 22.2. The molecule has 1 fully saturated rings. The van der Waals surface area contributed by atoms with Gasteiger partial charge >= 0.3 is 6.09 Å². The molecule has 168 valence electrons. The fourth-order valence-corrected chi connectivity index (χ4v) is 5.91. The molecule has 0 saturated heterocycles. The molecule has 0 aliphatic heterocycles. The van der Waals surface area contributed by atoms with Crippen LogP contribution in [0.5, 0.6) is 0 Å². The van der Waals surface area contributed by atoms with Crippen LogP contribution in [0.25, 0.3) is 10.2 Å². The molecule has 4 N–H and O–H groups in total. The Balaban J connectivity index is 1.42. The Labute approximate surface area is 186 Å². The molecular weight excluding hydrogens is 414 g/mol. The Morgan fingerprint density at radius 1 is 1.16 bits per heavy atom. The number of nitrogens with one attached hydrogen (secondary N) is 2. The molecule has 2 aliphatic rings. The van der Waals surface area contributed by atoms with E-state index in [0.717, 1.165) is 54.6 Å². The van der Waals surface area contributed by atoms with Crippen molar-refractivity contribution in [2.45, 2.75) is 89.3 Å². The summed E-state index contributed by atoms with van der Waals surface area (Å²) >= 11 is 1.70. The molecule has 0 aromatic carbocycles. The molecule has 0 radical (unpaired) electrons. The predicted octanol–water partition coefficient (Wildman–Crippen LogP) is 3.84. The van der Waals surface area contributed by atoms with E-state index in [1.807, 2.05) is 20.8 Å². The number of hydrogen-bond donors (Lipinski definition) is 3. The van der Waals surface area contributed by atoms with Gasteiger partial charge in [0.05, 0.1) is 5.39 Å². The minimum atomic E-state index is -0.492. The lowest BCUT2D eigenvalue weighted by Gasteiger charge is -2.31. The molecule has 2 amide bonds. The van der Waals surface area contributed by atoms with Gasteiger partial charge in [-0.2, -0.15) is 0 Å². The molecular formula is C22H31N5O3S. The fourth-order valence-electron chi connectivity index (χ4n) is 4.67. The number of fused-ring (bicyclic) bond motifs is 3. The first-order valence-electron chi connectivity index (χ1n) is 11.0. The highest BCUT2D eigenvalue weighted by Gasteiger charge is 2.31. The van der Waals surface area contributed by atoms with Crippen LogP contribution in [-0.2, 0) is 16.0 Å². The van der Waals surface area contributed by atoms with Crippen molar-refractivity contribution >= 4 is 39.4 Å². The van der Waals surface area contributed by atoms with E-state index in [0.29, 0.717) is 6.42 Å². The predicted molar refractivity (Wildman–Crippen MR) is 121 cm³/mol. The minimum absolute atomic E-state index is 0.128. The van der Waals surface area contributed by atoms with Crippen LogP contribution < -0.4 is 16.4 Å². The van der Waals surface area contributed by atoms with Gasteiger partial charge in [0.25, 0.3) is 0 Å². The summed E-state index contributed by atoms with van der Waals surface area (Å²) < 4.78 is 5.37. The number of hydrogen-bond acceptors (Lipinski definition) is 7. The van der Waals surface area contributed by atoms with E-state index in [4.69, 9.17) is 10.5 Å². The van der Waals surface area contributed by atoms with Gasteiger partial charge in [-0.3, -0.25) is 4.79 Å². The van der Waals surface area contributed by atoms with E-state index < -0.39 is 5.60 Å². The summed E-state index contributed by atoms with van der Waals surface area (Å²) in [5.41, 5.74) is 6.21. The summed E-state index contributed by atoms with van der Waals surface area (Å²) in [6.07, 6.45) is 7.19. The quantitative estimate of drug-likeness (QED) is 0.643. The van der Waals surface area contributed by atoms with Gasteiger partial charge in [0.15, 0.2) is 0 Å². The number of aryl methyl sites for hydroxylation is 1. The van der Waals surface area contributed by atoms with Crippen LogP contribution in [0.2, 0.25) is 0 Å². The van der Waals surface area contributed by atoms with Gasteiger partial charge in [-0.1, -0.05) is 0 Å². The first kappa shape index (κ1) is 21.8. The summed E-state index contributed by atoms with van der Waals surface area (Å²) in [6, 6.07) is 0.407. The van der Waals surface area contributed by atoms with Gasteiger partial charge in [0.1, 0.15) is 22.6 Å². The Bertz CT molecular complexity index is 975. The average molecular weight is 446 g/mol. The van der Waals surface area contributed by atoms with Crippen molar-refractivity contribution in [3.05, 3.63) is 16.8 Å². The average Bonchev–Trinajstić information content (AvgIpc) is 3.21. The van der Waals surface area contributed by atoms with Crippen molar-refractivity contribution in [1.82, 2.24) is 15.3 Å². The smallest absolute Gasteiger partial charge is 0.407 e. The van der Waals surface area contributed by atoms with Crippen molar-refractivity contribution < 1.29 is 14.3 Å². The van der Waals surface area contributed by atoms with Crippen molar-refractivity contribution in [3.8, 4) is 0 Å². The SMILES string of the molecule is CC(C)(C)OC(=O)N[C@H]1CC[C@H](Nc2ncnc3sc4c(c23)[C@@H](CC(N)=O)CC4)CC1. The first-order chi connectivity index (χ1) is 14.7. The zero-order valence-corrected chi connectivity index (χ0v) is 19.2. The molecule has 0 bridgehead atoms. The number of ether oxygens (including phenoxy) is 1. The summed E-state index contributed by atoms with van der Waals surface area (Å²) in [6.45, 7) is 5.60. The lowest BCUT2D eigenvalue weighted by atomic mass is 9.91. The number of nitrogens with two attached hydrogens (primary N) is 1. The molecule has 2 aromatic rings. The fraction of sp³-hybridized carbons (Fsp3) is 0.636. The summed E-state index contributed by atoms with van der Waals surface area (Å²) in [7, 11) is 0. The Hall–Kier alpha value is -2.42. The van der Waals surface area contributed by atoms with Crippen LogP contribution in [0.15, 0.2) is 6.33 Å². The summed E-state index contributed by atoms with van der Waals surface area (Å²) in [4.78, 5) is 34.9. The van der Waals surface area contributed by atoms with Crippen LogP contribution >= 0.6 is 11.3 Å². The van der Waals surface area contributed by atoms with Crippen LogP contribution in [0, 0.1) is 0 Å². The Morgan fingerprint density at radius 3 is 2.55 bits per heavy atom. The summed E-state index contributed by atoms with van der Waals surface area (Å²) in [5, 5.41) is 7.66. The van der Waals surface area contributed by atoms with E-state index in [2.05, 4.69) is 20.6 Å². The maximum atomic E-state index is 12.0. The number of carbonyl (C=O) groups is 2. The van der Waals surface area contributed by atoms with Crippen LogP contribution in [-0.4, -0.2) is 39.7 Å². The van der Waals surface area contributed by atoms with Crippen LogP contribution in [0.1, 0.15) is 75.7 Å². The monoisotopic (exact) mass is 445 g/mol. The molecule has 1 atom stereocenters. The van der Waals surface area contributed by atoms with Crippen molar-refractivity contribution in [2.75, 3.05) is 5.32 Å². The molecule has 8 nitrogen and oxygen atoms in total. The minimum Gasteiger partial charge on any atom is -0.444 e. The molecule has 2 heterocycles. The highest BCUT2D eigenvalue weighted by Crippen LogP contribution is 2.46. The number of aromatic nitrogens is 2. The highest BCUT2D eigenvalue weighted by atomic mass is 32.1. The lowest BCUT2D eigenvalue weighted by Crippen LogP contribution is -2.42. The van der Waals surface area contributed by atoms with Crippen LogP contribution in [0.3, 0.4) is 0 Å². The third-order valence-electron chi connectivity index (χ3n) is 5.97. The number of alkyl carbamates (subject to hydrolysis) is 1. The Morgan fingerprint density at radius 2 is 1.87 bits per heavy atom. The van der Waals surface area contributed by atoms with E-state index in [1.165, 1.54) is 10.4 Å². The Kier molecular flexibility index (Phi) is 6.05. The first-order valence-corrected chi connectivity index (χ1v) is 11.8. The molecule has 2 aliphatic carbocycles. The number of primary amides is 1. The van der Waals surface area contributed by atoms with Crippen molar-refractivity contribution in [2.24, 2.45) is 5.73 Å². The second-order valence-corrected chi connectivity index (χ2v) is 10.7. The molecule has 1 saturated carbocycles. The van der Waals surface area contributed by atoms with E-state index in [-0.39, 0.29) is 30.0 Å². The van der Waals surface area contributed by atoms with Gasteiger partial charge < -0.3 is 21.1 Å². The van der Waals surface area contributed by atoms with E-state index >= 15 is 0 Å². The topological polar surface area (TPSA) is 119 Å². The normalized spacial score (nSPS) is 23.4. The molecule has 0 spiro atoms. The van der Waals surface area contributed by atoms with Crippen LogP contribution in [0.4, 0.5) is 10.6 Å². The van der Waals surface area contributed by atoms with Gasteiger partial charge in [-0.25, -0.2) is 14.8 Å². The van der Waals surface area contributed by atoms with Crippen molar-refractivity contribution in [3.63, 3.8) is 0 Å². The molecule has 31 heavy (non-hydrogen) atoms. The van der Waals surface area contributed by atoms with Gasteiger partial charge in [-0.05, 0) is 70.8 Å². The zero-order valence-electron chi connectivity index (χ0n) is 18.4. The summed E-state index contributed by atoms with van der Waals surface area (Å²) in [5.74, 6) is 0.739. The van der Waals surface area contributed by atoms with Gasteiger partial charge in [-0.15, -0.1) is 11.3 Å².